The van der Waals surface area contributed by atoms with E-state index in [4.69, 9.17) is 14.2 Å². The molecule has 32 heavy (non-hydrogen) atoms. The van der Waals surface area contributed by atoms with Gasteiger partial charge in [-0.05, 0) is 47.6 Å². The topological polar surface area (TPSA) is 81.2 Å². The monoisotopic (exact) mass is 439 g/mol. The molecule has 0 aliphatic carbocycles. The molecule has 0 N–H and O–H groups in total. The molecule has 0 saturated carbocycles. The molecule has 0 spiro atoms. The van der Waals surface area contributed by atoms with Gasteiger partial charge < -0.3 is 24.0 Å². The number of anilines is 1. The van der Waals surface area contributed by atoms with Gasteiger partial charge in [-0.25, -0.2) is 9.78 Å². The fourth-order valence-electron chi connectivity index (χ4n) is 4.19. The molecule has 1 saturated heterocycles. The first-order chi connectivity index (χ1) is 15.3. The van der Waals surface area contributed by atoms with Crippen LogP contribution in [-0.2, 0) is 17.8 Å². The zero-order valence-electron chi connectivity index (χ0n) is 19.0. The summed E-state index contributed by atoms with van der Waals surface area (Å²) >= 11 is 0. The molecule has 8 nitrogen and oxygen atoms in total. The molecule has 1 fully saturated rings. The maximum absolute atomic E-state index is 12.7. The van der Waals surface area contributed by atoms with E-state index < -0.39 is 6.09 Å². The predicted octanol–water partition coefficient (Wildman–Crippen LogP) is 3.81. The fraction of sp³-hybridized carbons (Fsp3) is 0.458. The van der Waals surface area contributed by atoms with E-state index in [-0.39, 0.29) is 17.2 Å². The SMILES string of the molecule is COc1cc2c(cc1OC)CN(C(=O)Oc1ccc(N3CCC(C)(C)CC3=O)cn1)CC2. The van der Waals surface area contributed by atoms with Gasteiger partial charge in [0.05, 0.1) is 26.1 Å². The molecule has 2 aliphatic heterocycles. The van der Waals surface area contributed by atoms with Crippen LogP contribution in [0.4, 0.5) is 10.5 Å². The van der Waals surface area contributed by atoms with E-state index in [0.717, 1.165) is 23.2 Å². The highest BCUT2D eigenvalue weighted by molar-refractivity contribution is 5.94. The number of carbonyl (C=O) groups is 2. The number of rotatable bonds is 4. The van der Waals surface area contributed by atoms with E-state index in [9.17, 15) is 9.59 Å². The van der Waals surface area contributed by atoms with Gasteiger partial charge >= 0.3 is 6.09 Å². The summed E-state index contributed by atoms with van der Waals surface area (Å²) in [5.41, 5.74) is 2.88. The van der Waals surface area contributed by atoms with Crippen molar-refractivity contribution in [2.75, 3.05) is 32.2 Å². The number of nitrogens with zero attached hydrogens (tertiary/aromatic N) is 3. The second-order valence-electron chi connectivity index (χ2n) is 9.01. The first-order valence-electron chi connectivity index (χ1n) is 10.8. The van der Waals surface area contributed by atoms with Crippen LogP contribution in [-0.4, -0.2) is 49.2 Å². The van der Waals surface area contributed by atoms with Crippen LogP contribution in [0.1, 0.15) is 37.8 Å². The molecule has 2 amide bonds. The quantitative estimate of drug-likeness (QED) is 0.721. The van der Waals surface area contributed by atoms with Crippen molar-refractivity contribution in [3.8, 4) is 17.4 Å². The minimum absolute atomic E-state index is 0.0265. The maximum Gasteiger partial charge on any atom is 0.416 e. The summed E-state index contributed by atoms with van der Waals surface area (Å²) in [6, 6.07) is 7.26. The number of hydrogen-bond acceptors (Lipinski definition) is 6. The zero-order chi connectivity index (χ0) is 22.9. The van der Waals surface area contributed by atoms with E-state index in [1.165, 1.54) is 0 Å². The molecule has 1 aromatic heterocycles. The Morgan fingerprint density at radius 3 is 2.41 bits per heavy atom. The highest BCUT2D eigenvalue weighted by atomic mass is 16.6. The van der Waals surface area contributed by atoms with Crippen LogP contribution in [0.2, 0.25) is 0 Å². The lowest BCUT2D eigenvalue weighted by molar-refractivity contribution is -0.122. The van der Waals surface area contributed by atoms with Crippen LogP contribution in [0.3, 0.4) is 0 Å². The number of amides is 2. The summed E-state index contributed by atoms with van der Waals surface area (Å²) in [5.74, 6) is 1.62. The van der Waals surface area contributed by atoms with Gasteiger partial charge in [0.1, 0.15) is 0 Å². The minimum Gasteiger partial charge on any atom is -0.493 e. The van der Waals surface area contributed by atoms with Gasteiger partial charge in [-0.3, -0.25) is 4.79 Å². The van der Waals surface area contributed by atoms with Gasteiger partial charge in [0.25, 0.3) is 0 Å². The highest BCUT2D eigenvalue weighted by Crippen LogP contribution is 2.34. The number of ether oxygens (including phenoxy) is 3. The number of hydrogen-bond donors (Lipinski definition) is 0. The summed E-state index contributed by atoms with van der Waals surface area (Å²) in [7, 11) is 3.20. The summed E-state index contributed by atoms with van der Waals surface area (Å²) in [6.07, 6.45) is 3.27. The normalized spacial score (nSPS) is 17.6. The molecule has 170 valence electrons. The molecule has 0 atom stereocenters. The first kappa shape index (κ1) is 21.9. The lowest BCUT2D eigenvalue weighted by atomic mass is 9.82. The van der Waals surface area contributed by atoms with E-state index in [1.54, 1.807) is 42.3 Å². The Bertz CT molecular complexity index is 1020. The summed E-state index contributed by atoms with van der Waals surface area (Å²) in [6.45, 7) is 5.83. The second-order valence-corrected chi connectivity index (χ2v) is 9.01. The van der Waals surface area contributed by atoms with Crippen LogP contribution < -0.4 is 19.1 Å². The third-order valence-electron chi connectivity index (χ3n) is 6.14. The van der Waals surface area contributed by atoms with Crippen LogP contribution in [0.5, 0.6) is 17.4 Å². The number of carbonyl (C=O) groups excluding carboxylic acids is 2. The molecule has 0 bridgehead atoms. The second kappa shape index (κ2) is 8.68. The van der Waals surface area contributed by atoms with Crippen LogP contribution in [0.15, 0.2) is 30.5 Å². The van der Waals surface area contributed by atoms with Crippen LogP contribution >= 0.6 is 0 Å². The van der Waals surface area contributed by atoms with E-state index in [0.29, 0.717) is 44.0 Å². The minimum atomic E-state index is -0.457. The molecule has 1 aromatic carbocycles. The third kappa shape index (κ3) is 4.49. The number of fused-ring (bicyclic) bond motifs is 1. The van der Waals surface area contributed by atoms with Gasteiger partial charge in [0, 0.05) is 32.1 Å². The van der Waals surface area contributed by atoms with Gasteiger partial charge in [-0.2, -0.15) is 0 Å². The number of methoxy groups -OCH3 is 2. The average molecular weight is 440 g/mol. The van der Waals surface area contributed by atoms with Gasteiger partial charge in [0.15, 0.2) is 11.5 Å². The number of benzene rings is 1. The third-order valence-corrected chi connectivity index (χ3v) is 6.14. The van der Waals surface area contributed by atoms with Crippen molar-refractivity contribution in [1.29, 1.82) is 0 Å². The Morgan fingerprint density at radius 1 is 1.06 bits per heavy atom. The fourth-order valence-corrected chi connectivity index (χ4v) is 4.19. The van der Waals surface area contributed by atoms with Crippen molar-refractivity contribution in [1.82, 2.24) is 9.88 Å². The molecular weight excluding hydrogens is 410 g/mol. The van der Waals surface area contributed by atoms with E-state index >= 15 is 0 Å². The first-order valence-corrected chi connectivity index (χ1v) is 10.8. The van der Waals surface area contributed by atoms with Gasteiger partial charge in [-0.1, -0.05) is 13.8 Å². The van der Waals surface area contributed by atoms with E-state index in [2.05, 4.69) is 18.8 Å². The van der Waals surface area contributed by atoms with Crippen molar-refractivity contribution in [2.45, 2.75) is 39.7 Å². The number of piperidine rings is 1. The lowest BCUT2D eigenvalue weighted by Gasteiger charge is -2.36. The van der Waals surface area contributed by atoms with Crippen molar-refractivity contribution in [3.63, 3.8) is 0 Å². The van der Waals surface area contributed by atoms with Crippen molar-refractivity contribution in [3.05, 3.63) is 41.6 Å². The van der Waals surface area contributed by atoms with E-state index in [1.807, 2.05) is 12.1 Å². The summed E-state index contributed by atoms with van der Waals surface area (Å²) < 4.78 is 16.2. The van der Waals surface area contributed by atoms with Crippen molar-refractivity contribution in [2.24, 2.45) is 5.41 Å². The molecular formula is C24H29N3O5. The van der Waals surface area contributed by atoms with Gasteiger partial charge in [-0.15, -0.1) is 0 Å². The highest BCUT2D eigenvalue weighted by Gasteiger charge is 2.32. The zero-order valence-corrected chi connectivity index (χ0v) is 19.0. The molecule has 2 aromatic rings. The molecule has 8 heteroatoms. The Morgan fingerprint density at radius 2 is 1.78 bits per heavy atom. The average Bonchev–Trinajstić information content (AvgIpc) is 2.77. The Hall–Kier alpha value is -3.29. The summed E-state index contributed by atoms with van der Waals surface area (Å²) in [5, 5.41) is 0. The number of aromatic nitrogens is 1. The summed E-state index contributed by atoms with van der Waals surface area (Å²) in [4.78, 5) is 32.8. The largest absolute Gasteiger partial charge is 0.493 e. The maximum atomic E-state index is 12.7. The molecule has 3 heterocycles. The van der Waals surface area contributed by atoms with Crippen molar-refractivity contribution < 1.29 is 23.8 Å². The Balaban J connectivity index is 1.40. The van der Waals surface area contributed by atoms with Gasteiger partial charge in [0.2, 0.25) is 11.8 Å². The van der Waals surface area contributed by atoms with Crippen LogP contribution in [0.25, 0.3) is 0 Å². The van der Waals surface area contributed by atoms with Crippen molar-refractivity contribution >= 4 is 17.7 Å². The number of pyridine rings is 1. The molecule has 0 unspecified atom stereocenters. The standard InChI is InChI=1S/C24H29N3O5/c1-24(2)8-10-27(22(28)13-24)18-5-6-21(25-14-18)32-23(29)26-9-7-16-11-19(30-3)20(31-4)12-17(16)15-26/h5-6,11-12,14H,7-10,13,15H2,1-4H3. The molecule has 4 rings (SSSR count). The molecule has 0 radical (unpaired) electrons. The lowest BCUT2D eigenvalue weighted by Crippen LogP contribution is -2.42. The van der Waals surface area contributed by atoms with Crippen LogP contribution in [0, 0.1) is 5.41 Å². The Labute approximate surface area is 188 Å². The smallest absolute Gasteiger partial charge is 0.416 e. The predicted molar refractivity (Wildman–Crippen MR) is 119 cm³/mol. The Kier molecular flexibility index (Phi) is 5.95. The molecule has 2 aliphatic rings.